The number of aryl methyl sites for hydroxylation is 1. The molecule has 1 amide bonds. The fraction of sp³-hybridized carbons (Fsp3) is 0.471. The SMILES string of the molecule is CC(C)c1cccc(NC(=O)CS(=O)(=O)Cc2nnc3n2CCC3)c1. The van der Waals surface area contributed by atoms with Gasteiger partial charge in [-0.25, -0.2) is 8.42 Å². The van der Waals surface area contributed by atoms with E-state index in [1.165, 1.54) is 0 Å². The minimum Gasteiger partial charge on any atom is -0.325 e. The van der Waals surface area contributed by atoms with Gasteiger partial charge in [-0.05, 0) is 30.0 Å². The van der Waals surface area contributed by atoms with Crippen molar-refractivity contribution in [3.05, 3.63) is 41.5 Å². The molecule has 2 aromatic rings. The predicted octanol–water partition coefficient (Wildman–Crippen LogP) is 1.90. The molecule has 0 fully saturated rings. The van der Waals surface area contributed by atoms with Crippen molar-refractivity contribution in [1.29, 1.82) is 0 Å². The molecule has 1 aliphatic heterocycles. The van der Waals surface area contributed by atoms with Gasteiger partial charge in [0, 0.05) is 18.7 Å². The lowest BCUT2D eigenvalue weighted by Crippen LogP contribution is -2.25. The molecule has 7 nitrogen and oxygen atoms in total. The van der Waals surface area contributed by atoms with Crippen molar-refractivity contribution in [1.82, 2.24) is 14.8 Å². The summed E-state index contributed by atoms with van der Waals surface area (Å²) in [6.45, 7) is 4.85. The fourth-order valence-electron chi connectivity index (χ4n) is 2.94. The van der Waals surface area contributed by atoms with E-state index in [1.807, 2.05) is 22.8 Å². The molecular weight excluding hydrogens is 340 g/mol. The van der Waals surface area contributed by atoms with Crippen molar-refractivity contribution in [3.8, 4) is 0 Å². The van der Waals surface area contributed by atoms with Crippen LogP contribution in [0.4, 0.5) is 5.69 Å². The Hall–Kier alpha value is -2.22. The lowest BCUT2D eigenvalue weighted by atomic mass is 10.0. The van der Waals surface area contributed by atoms with Gasteiger partial charge in [-0.2, -0.15) is 0 Å². The van der Waals surface area contributed by atoms with Crippen LogP contribution < -0.4 is 5.32 Å². The Labute approximate surface area is 147 Å². The molecule has 134 valence electrons. The maximum absolute atomic E-state index is 12.3. The largest absolute Gasteiger partial charge is 0.325 e. The van der Waals surface area contributed by atoms with Gasteiger partial charge >= 0.3 is 0 Å². The average Bonchev–Trinajstić information content (AvgIpc) is 3.11. The first kappa shape index (κ1) is 17.6. The van der Waals surface area contributed by atoms with Gasteiger partial charge < -0.3 is 9.88 Å². The third-order valence-corrected chi connectivity index (χ3v) is 5.62. The van der Waals surface area contributed by atoms with E-state index in [9.17, 15) is 13.2 Å². The standard InChI is InChI=1S/C17H22N4O3S/c1-12(2)13-5-3-6-14(9-13)18-17(22)11-25(23,24)10-16-20-19-15-7-4-8-21(15)16/h3,5-6,9,12H,4,7-8,10-11H2,1-2H3,(H,18,22). The number of amides is 1. The molecule has 0 saturated carbocycles. The highest BCUT2D eigenvalue weighted by molar-refractivity contribution is 7.91. The van der Waals surface area contributed by atoms with Gasteiger partial charge in [-0.3, -0.25) is 4.79 Å². The average molecular weight is 362 g/mol. The second-order valence-corrected chi connectivity index (χ2v) is 8.71. The van der Waals surface area contributed by atoms with Crippen molar-refractivity contribution in [2.24, 2.45) is 0 Å². The summed E-state index contributed by atoms with van der Waals surface area (Å²) in [6, 6.07) is 7.43. The van der Waals surface area contributed by atoms with Gasteiger partial charge in [0.2, 0.25) is 5.91 Å². The summed E-state index contributed by atoms with van der Waals surface area (Å²) in [7, 11) is -3.61. The molecule has 3 rings (SSSR count). The van der Waals surface area contributed by atoms with Gasteiger partial charge in [-0.15, -0.1) is 10.2 Å². The van der Waals surface area contributed by atoms with E-state index in [1.54, 1.807) is 6.07 Å². The Morgan fingerprint density at radius 1 is 1.32 bits per heavy atom. The molecule has 0 spiro atoms. The Kier molecular flexibility index (Phi) is 4.89. The van der Waals surface area contributed by atoms with Crippen molar-refractivity contribution >= 4 is 21.4 Å². The minimum absolute atomic E-state index is 0.264. The molecule has 0 radical (unpaired) electrons. The maximum atomic E-state index is 12.3. The summed E-state index contributed by atoms with van der Waals surface area (Å²) < 4.78 is 26.5. The zero-order valence-corrected chi connectivity index (χ0v) is 15.2. The quantitative estimate of drug-likeness (QED) is 0.847. The van der Waals surface area contributed by atoms with Crippen LogP contribution in [0.25, 0.3) is 0 Å². The van der Waals surface area contributed by atoms with Gasteiger partial charge in [0.25, 0.3) is 0 Å². The lowest BCUT2D eigenvalue weighted by molar-refractivity contribution is -0.113. The lowest BCUT2D eigenvalue weighted by Gasteiger charge is -2.10. The maximum Gasteiger partial charge on any atom is 0.239 e. The smallest absolute Gasteiger partial charge is 0.239 e. The van der Waals surface area contributed by atoms with E-state index >= 15 is 0 Å². The highest BCUT2D eigenvalue weighted by Gasteiger charge is 2.24. The molecule has 0 unspecified atom stereocenters. The van der Waals surface area contributed by atoms with Gasteiger partial charge in [0.15, 0.2) is 9.84 Å². The van der Waals surface area contributed by atoms with Crippen LogP contribution in [0.1, 0.15) is 43.4 Å². The number of sulfone groups is 1. The second-order valence-electron chi connectivity index (χ2n) is 6.65. The van der Waals surface area contributed by atoms with Gasteiger partial charge in [0.05, 0.1) is 0 Å². The van der Waals surface area contributed by atoms with E-state index in [-0.39, 0.29) is 5.75 Å². The second kappa shape index (κ2) is 6.95. The number of nitrogens with zero attached hydrogens (tertiary/aromatic N) is 3. The Morgan fingerprint density at radius 3 is 2.88 bits per heavy atom. The molecule has 25 heavy (non-hydrogen) atoms. The minimum atomic E-state index is -3.61. The van der Waals surface area contributed by atoms with E-state index in [0.29, 0.717) is 17.4 Å². The third-order valence-electron chi connectivity index (χ3n) is 4.22. The number of carbonyl (C=O) groups is 1. The molecule has 0 saturated heterocycles. The Morgan fingerprint density at radius 2 is 2.12 bits per heavy atom. The summed E-state index contributed by atoms with van der Waals surface area (Å²) in [4.78, 5) is 12.1. The summed E-state index contributed by atoms with van der Waals surface area (Å²) in [5.41, 5.74) is 1.69. The molecule has 0 bridgehead atoms. The van der Waals surface area contributed by atoms with Crippen LogP contribution in [0.15, 0.2) is 24.3 Å². The van der Waals surface area contributed by atoms with Gasteiger partial charge in [-0.1, -0.05) is 26.0 Å². The molecule has 1 aromatic carbocycles. The predicted molar refractivity (Wildman–Crippen MR) is 95.0 cm³/mol. The fourth-order valence-corrected chi connectivity index (χ4v) is 4.12. The van der Waals surface area contributed by atoms with E-state index in [2.05, 4.69) is 29.4 Å². The molecule has 0 aliphatic carbocycles. The van der Waals surface area contributed by atoms with Crippen molar-refractivity contribution < 1.29 is 13.2 Å². The first-order valence-corrected chi connectivity index (χ1v) is 10.2. The third kappa shape index (κ3) is 4.25. The molecule has 0 atom stereocenters. The topological polar surface area (TPSA) is 93.9 Å². The molecule has 1 aromatic heterocycles. The summed E-state index contributed by atoms with van der Waals surface area (Å²) in [5.74, 6) is 0.195. The van der Waals surface area contributed by atoms with Crippen LogP contribution in [0.5, 0.6) is 0 Å². The van der Waals surface area contributed by atoms with Crippen molar-refractivity contribution in [2.75, 3.05) is 11.1 Å². The van der Waals surface area contributed by atoms with Crippen molar-refractivity contribution in [2.45, 2.75) is 44.9 Å². The number of anilines is 1. The van der Waals surface area contributed by atoms with Crippen molar-refractivity contribution in [3.63, 3.8) is 0 Å². The number of carbonyl (C=O) groups excluding carboxylic acids is 1. The number of hydrogen-bond acceptors (Lipinski definition) is 5. The Balaban J connectivity index is 1.64. The summed E-state index contributed by atoms with van der Waals surface area (Å²) >= 11 is 0. The first-order chi connectivity index (χ1) is 11.8. The Bertz CT molecular complexity index is 887. The van der Waals surface area contributed by atoms with Crippen LogP contribution in [0, 0.1) is 0 Å². The van der Waals surface area contributed by atoms with Crippen LogP contribution in [-0.2, 0) is 33.4 Å². The number of nitrogens with one attached hydrogen (secondary N) is 1. The number of hydrogen-bond donors (Lipinski definition) is 1. The normalized spacial score (nSPS) is 13.9. The molecule has 2 heterocycles. The number of aromatic nitrogens is 3. The van der Waals surface area contributed by atoms with Crippen LogP contribution in [-0.4, -0.2) is 34.8 Å². The van der Waals surface area contributed by atoms with Gasteiger partial charge in [0.1, 0.15) is 23.2 Å². The zero-order chi connectivity index (χ0) is 18.0. The van der Waals surface area contributed by atoms with Crippen LogP contribution >= 0.6 is 0 Å². The number of rotatable bonds is 6. The molecule has 1 N–H and O–H groups in total. The zero-order valence-electron chi connectivity index (χ0n) is 14.4. The first-order valence-electron chi connectivity index (χ1n) is 8.35. The summed E-state index contributed by atoms with van der Waals surface area (Å²) in [5, 5.41) is 10.6. The molecular formula is C17H22N4O3S. The van der Waals surface area contributed by atoms with E-state index < -0.39 is 21.5 Å². The summed E-state index contributed by atoms with van der Waals surface area (Å²) in [6.07, 6.45) is 1.77. The molecule has 1 aliphatic rings. The van der Waals surface area contributed by atoms with Crippen LogP contribution in [0.2, 0.25) is 0 Å². The molecule has 8 heteroatoms. The number of benzene rings is 1. The highest BCUT2D eigenvalue weighted by atomic mass is 32.2. The van der Waals surface area contributed by atoms with E-state index in [0.717, 1.165) is 30.8 Å². The van der Waals surface area contributed by atoms with E-state index in [4.69, 9.17) is 0 Å². The number of fused-ring (bicyclic) bond motifs is 1. The van der Waals surface area contributed by atoms with Crippen LogP contribution in [0.3, 0.4) is 0 Å². The highest BCUT2D eigenvalue weighted by Crippen LogP contribution is 2.19. The monoisotopic (exact) mass is 362 g/mol.